The van der Waals surface area contributed by atoms with Gasteiger partial charge in [-0.1, -0.05) is 327 Å². The molecule has 15 aromatic rings. The van der Waals surface area contributed by atoms with Crippen molar-refractivity contribution in [3.63, 3.8) is 0 Å². The monoisotopic (exact) mass is 1530 g/mol. The van der Waals surface area contributed by atoms with E-state index >= 15 is 0 Å². The number of hydrogen-bond donors (Lipinski definition) is 0. The highest BCUT2D eigenvalue weighted by atomic mass is 15.2. The van der Waals surface area contributed by atoms with Crippen LogP contribution in [0.2, 0.25) is 0 Å². The molecular formula is C112H119BN4. The molecule has 2 aliphatic heterocycles. The molecule has 5 heteroatoms. The van der Waals surface area contributed by atoms with Crippen LogP contribution in [0.5, 0.6) is 0 Å². The summed E-state index contributed by atoms with van der Waals surface area (Å²) in [7, 11) is 0. The number of benzene rings is 13. The van der Waals surface area contributed by atoms with Crippen LogP contribution in [0, 0.1) is 32.5 Å². The quantitative estimate of drug-likeness (QED) is 0.101. The Labute approximate surface area is 698 Å². The van der Waals surface area contributed by atoms with E-state index < -0.39 is 0 Å². The van der Waals surface area contributed by atoms with Crippen LogP contribution in [-0.4, -0.2) is 15.8 Å². The van der Waals surface area contributed by atoms with Crippen molar-refractivity contribution in [1.29, 1.82) is 0 Å². The van der Waals surface area contributed by atoms with Crippen LogP contribution in [0.4, 0.5) is 34.1 Å². The molecule has 0 radical (unpaired) electrons. The lowest BCUT2D eigenvalue weighted by Gasteiger charge is -2.46. The first-order valence-corrected chi connectivity index (χ1v) is 43.1. The number of hydrogen-bond acceptors (Lipinski definition) is 2. The summed E-state index contributed by atoms with van der Waals surface area (Å²) in [6.07, 6.45) is 5.58. The van der Waals surface area contributed by atoms with Gasteiger partial charge in [-0.2, -0.15) is 0 Å². The van der Waals surface area contributed by atoms with E-state index in [1.807, 2.05) is 0 Å². The van der Waals surface area contributed by atoms with Gasteiger partial charge in [-0.3, -0.25) is 0 Å². The summed E-state index contributed by atoms with van der Waals surface area (Å²) in [6, 6.07) is 106. The number of nitrogens with zero attached hydrogens (tertiary/aromatic N) is 4. The zero-order chi connectivity index (χ0) is 82.4. The molecule has 0 bridgehead atoms. The highest BCUT2D eigenvalue weighted by Crippen LogP contribution is 2.54. The number of aromatic nitrogens is 2. The van der Waals surface area contributed by atoms with Crippen LogP contribution in [0.15, 0.2) is 267 Å². The van der Waals surface area contributed by atoms with Gasteiger partial charge in [0.15, 0.2) is 0 Å². The van der Waals surface area contributed by atoms with Gasteiger partial charge in [-0.15, -0.1) is 0 Å². The topological polar surface area (TPSA) is 16.3 Å². The second-order valence-electron chi connectivity index (χ2n) is 42.8. The zero-order valence-electron chi connectivity index (χ0n) is 73.5. The maximum atomic E-state index is 2.79. The fraction of sp³-hybridized carbons (Fsp3) is 0.304. The van der Waals surface area contributed by atoms with Crippen molar-refractivity contribution in [3.8, 4) is 55.9 Å². The third-order valence-electron chi connectivity index (χ3n) is 23.8. The third kappa shape index (κ3) is 15.7. The number of anilines is 6. The first kappa shape index (κ1) is 78.6. The molecular weight excluding hydrogens is 1410 g/mol. The molecule has 0 unspecified atom stereocenters. The predicted octanol–water partition coefficient (Wildman–Crippen LogP) is 29.5. The summed E-state index contributed by atoms with van der Waals surface area (Å²) < 4.78 is 5.08. The van der Waals surface area contributed by atoms with Gasteiger partial charge in [0.05, 0.1) is 33.4 Å². The van der Waals surface area contributed by atoms with E-state index in [2.05, 4.69) is 431 Å². The molecule has 4 heterocycles. The van der Waals surface area contributed by atoms with E-state index in [4.69, 9.17) is 0 Å². The summed E-state index contributed by atoms with van der Waals surface area (Å²) >= 11 is 0. The van der Waals surface area contributed by atoms with Gasteiger partial charge in [-0.25, -0.2) is 0 Å². The molecule has 0 spiro atoms. The molecule has 4 nitrogen and oxygen atoms in total. The lowest BCUT2D eigenvalue weighted by Crippen LogP contribution is -2.61. The Morgan fingerprint density at radius 2 is 0.530 bits per heavy atom. The standard InChI is InChI=1S/C112H119BN4/c1-106(2,3)66-72-34-30-38-76(54-72)89-64-99(91(58-80(89)70-110(13,14)15)78-40-32-36-74(56-78)68-108(7,8)9)116-101-62-83(114-95-46-26-22-42-85(95)86-43-23-27-47-96(86)114)50-52-93(101)113-94-53-51-84(115-97-48-28-24-44-87(97)88-45-25-29-49-98(88)115)63-102(94)117(104-61-82(112(19,20)21)60-103(116)105(104)113)100-65-90(77-39-31-35-73(55-77)67-107(4,5)6)81(71-111(16,17)18)59-92(100)79-41-33-37-75(57-79)69-109(10,11)12/h22-65H,66-71H2,1-21H3. The molecule has 0 atom stereocenters. The Hall–Kier alpha value is -10.9. The van der Waals surface area contributed by atoms with E-state index in [9.17, 15) is 0 Å². The minimum atomic E-state index is -0.340. The molecule has 0 saturated heterocycles. The Morgan fingerprint density at radius 3 is 0.821 bits per heavy atom. The molecule has 2 aliphatic rings. The van der Waals surface area contributed by atoms with E-state index in [1.165, 1.54) is 155 Å². The summed E-state index contributed by atoms with van der Waals surface area (Å²) in [4.78, 5) is 5.58. The van der Waals surface area contributed by atoms with Gasteiger partial charge in [0.2, 0.25) is 0 Å². The normalized spacial score (nSPS) is 13.5. The fourth-order valence-electron chi connectivity index (χ4n) is 19.5. The smallest absolute Gasteiger partial charge is 0.252 e. The Morgan fingerprint density at radius 1 is 0.239 bits per heavy atom. The fourth-order valence-corrected chi connectivity index (χ4v) is 19.5. The summed E-state index contributed by atoms with van der Waals surface area (Å²) in [5.74, 6) is 0. The van der Waals surface area contributed by atoms with Crippen molar-refractivity contribution in [3.05, 3.63) is 306 Å². The van der Waals surface area contributed by atoms with Crippen LogP contribution in [0.3, 0.4) is 0 Å². The first-order chi connectivity index (χ1) is 55.3. The maximum absolute atomic E-state index is 2.79. The van der Waals surface area contributed by atoms with Crippen molar-refractivity contribution in [2.75, 3.05) is 9.80 Å². The molecule has 117 heavy (non-hydrogen) atoms. The molecule has 2 aromatic heterocycles. The van der Waals surface area contributed by atoms with E-state index in [1.54, 1.807) is 0 Å². The van der Waals surface area contributed by atoms with Crippen LogP contribution >= 0.6 is 0 Å². The van der Waals surface area contributed by atoms with E-state index in [-0.39, 0.29) is 44.6 Å². The first-order valence-electron chi connectivity index (χ1n) is 43.1. The molecule has 17 rings (SSSR count). The highest BCUT2D eigenvalue weighted by Gasteiger charge is 2.46. The van der Waals surface area contributed by atoms with Crippen molar-refractivity contribution in [2.24, 2.45) is 32.5 Å². The lowest BCUT2D eigenvalue weighted by atomic mass is 9.33. The molecule has 0 aliphatic carbocycles. The summed E-state index contributed by atoms with van der Waals surface area (Å²) in [5.41, 5.74) is 36.9. The van der Waals surface area contributed by atoms with Gasteiger partial charge in [0.25, 0.3) is 6.71 Å². The second kappa shape index (κ2) is 29.0. The van der Waals surface area contributed by atoms with Crippen molar-refractivity contribution in [2.45, 2.75) is 189 Å². The van der Waals surface area contributed by atoms with Crippen molar-refractivity contribution < 1.29 is 0 Å². The second-order valence-corrected chi connectivity index (χ2v) is 42.8. The zero-order valence-corrected chi connectivity index (χ0v) is 73.5. The van der Waals surface area contributed by atoms with Gasteiger partial charge in [-0.05, 0) is 250 Å². The minimum absolute atomic E-state index is 0.0437. The minimum Gasteiger partial charge on any atom is -0.311 e. The number of rotatable bonds is 14. The summed E-state index contributed by atoms with van der Waals surface area (Å²) in [5, 5.41) is 4.96. The van der Waals surface area contributed by atoms with Crippen LogP contribution in [0.1, 0.15) is 184 Å². The van der Waals surface area contributed by atoms with Gasteiger partial charge in [0, 0.05) is 66.8 Å². The third-order valence-corrected chi connectivity index (χ3v) is 23.8. The molecule has 0 amide bonds. The van der Waals surface area contributed by atoms with Crippen molar-refractivity contribution >= 4 is 101 Å². The predicted molar refractivity (Wildman–Crippen MR) is 509 cm³/mol. The average molecular weight is 1530 g/mol. The summed E-state index contributed by atoms with van der Waals surface area (Å²) in [6.45, 7) is 50.1. The van der Waals surface area contributed by atoms with Crippen LogP contribution < -0.4 is 26.2 Å². The average Bonchev–Trinajstić information content (AvgIpc) is 0.893. The number of fused-ring (bicyclic) bond motifs is 10. The van der Waals surface area contributed by atoms with Gasteiger partial charge in [0.1, 0.15) is 0 Å². The van der Waals surface area contributed by atoms with E-state index in [0.717, 1.165) is 72.6 Å². The highest BCUT2D eigenvalue weighted by molar-refractivity contribution is 7.00. The molecule has 0 fully saturated rings. The molecule has 0 saturated carbocycles. The lowest BCUT2D eigenvalue weighted by molar-refractivity contribution is 0.410. The largest absolute Gasteiger partial charge is 0.311 e. The van der Waals surface area contributed by atoms with Gasteiger partial charge >= 0.3 is 0 Å². The SMILES string of the molecule is CC(C)(C)Cc1cccc(-c2cc(N3c4cc(-n5c6ccccc6c6ccccc65)ccc4B4c5ccc(-n6c7ccccc7c7ccccc76)cc5N(c5cc(-c6cccc(CC(C)(C)C)c6)c(CC(C)(C)C)cc5-c5cccc(CC(C)(C)C)c5)c5cc(C(C)(C)C)cc3c54)c(-c3cccc(CC(C)(C)C)c3)cc2CC(C)(C)C)c1. The van der Waals surface area contributed by atoms with E-state index in [0.29, 0.717) is 0 Å². The van der Waals surface area contributed by atoms with Gasteiger partial charge < -0.3 is 18.9 Å². The molecule has 13 aromatic carbocycles. The Balaban J connectivity index is 1.06. The number of para-hydroxylation sites is 4. The van der Waals surface area contributed by atoms with Crippen molar-refractivity contribution in [1.82, 2.24) is 9.13 Å². The van der Waals surface area contributed by atoms with Crippen LogP contribution in [-0.2, 0) is 43.9 Å². The molecule has 590 valence electrons. The Kier molecular flexibility index (Phi) is 19.5. The Bertz CT molecular complexity index is 5910. The molecule has 0 N–H and O–H groups in total. The maximum Gasteiger partial charge on any atom is 0.252 e. The van der Waals surface area contributed by atoms with Crippen LogP contribution in [0.25, 0.3) is 99.5 Å².